The Kier molecular flexibility index (Phi) is 3.84. The van der Waals surface area contributed by atoms with Gasteiger partial charge >= 0.3 is 6.09 Å². The molecule has 3 rings (SSSR count). The van der Waals surface area contributed by atoms with Crippen molar-refractivity contribution in [2.75, 3.05) is 6.61 Å². The van der Waals surface area contributed by atoms with Crippen molar-refractivity contribution in [3.8, 4) is 5.75 Å². The number of ether oxygens (including phenoxy) is 2. The molecule has 1 aromatic carbocycles. The molecule has 1 aliphatic carbocycles. The summed E-state index contributed by atoms with van der Waals surface area (Å²) in [7, 11) is 0. The van der Waals surface area contributed by atoms with Crippen molar-refractivity contribution < 1.29 is 14.3 Å². The lowest BCUT2D eigenvalue weighted by atomic mass is 10.1. The van der Waals surface area contributed by atoms with Crippen LogP contribution in [0.4, 0.5) is 4.79 Å². The third-order valence-electron chi connectivity index (χ3n) is 3.91. The number of halogens is 2. The Labute approximate surface area is 143 Å². The summed E-state index contributed by atoms with van der Waals surface area (Å²) >= 11 is 9.72. The van der Waals surface area contributed by atoms with E-state index in [0.717, 1.165) is 22.9 Å². The number of carbonyl (C=O) groups is 1. The van der Waals surface area contributed by atoms with Crippen molar-refractivity contribution in [1.29, 1.82) is 0 Å². The van der Waals surface area contributed by atoms with Crippen LogP contribution in [0.25, 0.3) is 0 Å². The molecule has 2 aliphatic rings. The summed E-state index contributed by atoms with van der Waals surface area (Å²) < 4.78 is 12.4. The van der Waals surface area contributed by atoms with Crippen molar-refractivity contribution in [3.05, 3.63) is 27.2 Å². The third-order valence-corrected chi connectivity index (χ3v) is 4.65. The van der Waals surface area contributed by atoms with E-state index in [1.165, 1.54) is 0 Å². The third kappa shape index (κ3) is 3.06. The number of rotatable bonds is 0. The van der Waals surface area contributed by atoms with Crippen molar-refractivity contribution >= 4 is 33.6 Å². The van der Waals surface area contributed by atoms with Gasteiger partial charge in [0.25, 0.3) is 0 Å². The second kappa shape index (κ2) is 5.31. The lowest BCUT2D eigenvalue weighted by molar-refractivity contribution is 0.00712. The van der Waals surface area contributed by atoms with Gasteiger partial charge in [0.2, 0.25) is 0 Å². The molecular weight excluding hydrogens is 370 g/mol. The van der Waals surface area contributed by atoms with Gasteiger partial charge in [0.15, 0.2) is 0 Å². The highest BCUT2D eigenvalue weighted by atomic mass is 79.9. The van der Waals surface area contributed by atoms with Crippen molar-refractivity contribution in [3.63, 3.8) is 0 Å². The van der Waals surface area contributed by atoms with Gasteiger partial charge in [-0.05, 0) is 45.7 Å². The SMILES string of the molecule is CC(C)(C)OC(=O)N1Cc2cc(Br)cc(Cl)c2OCC12CC2. The fourth-order valence-electron chi connectivity index (χ4n) is 2.65. The molecule has 1 fully saturated rings. The van der Waals surface area contributed by atoms with Gasteiger partial charge < -0.3 is 9.47 Å². The predicted octanol–water partition coefficient (Wildman–Crippen LogP) is 4.76. The normalized spacial score (nSPS) is 19.2. The molecule has 4 nitrogen and oxygen atoms in total. The summed E-state index contributed by atoms with van der Waals surface area (Å²) in [5.41, 5.74) is 0.129. The first-order chi connectivity index (χ1) is 10.2. The monoisotopic (exact) mass is 387 g/mol. The molecule has 120 valence electrons. The summed E-state index contributed by atoms with van der Waals surface area (Å²) in [6.45, 7) is 6.53. The molecule has 1 saturated carbocycles. The van der Waals surface area contributed by atoms with E-state index in [1.54, 1.807) is 4.90 Å². The number of benzene rings is 1. The molecular formula is C16H19BrClNO3. The number of hydrogen-bond donors (Lipinski definition) is 0. The van der Waals surface area contributed by atoms with Crippen LogP contribution in [0, 0.1) is 0 Å². The summed E-state index contributed by atoms with van der Waals surface area (Å²) in [4.78, 5) is 14.4. The van der Waals surface area contributed by atoms with Gasteiger partial charge in [-0.2, -0.15) is 0 Å². The summed E-state index contributed by atoms with van der Waals surface area (Å²) in [5, 5.41) is 0.561. The first-order valence-corrected chi connectivity index (χ1v) is 8.49. The lowest BCUT2D eigenvalue weighted by Gasteiger charge is -2.31. The second-order valence-corrected chi connectivity index (χ2v) is 8.28. The average molecular weight is 389 g/mol. The van der Waals surface area contributed by atoms with E-state index in [4.69, 9.17) is 21.1 Å². The Balaban J connectivity index is 1.93. The number of carbonyl (C=O) groups excluding carboxylic acids is 1. The molecule has 0 bridgehead atoms. The number of nitrogens with zero attached hydrogens (tertiary/aromatic N) is 1. The smallest absolute Gasteiger partial charge is 0.411 e. The maximum absolute atomic E-state index is 12.6. The molecule has 1 aromatic rings. The van der Waals surface area contributed by atoms with E-state index in [2.05, 4.69) is 15.9 Å². The van der Waals surface area contributed by atoms with Crippen molar-refractivity contribution in [1.82, 2.24) is 4.90 Å². The minimum Gasteiger partial charge on any atom is -0.489 e. The molecule has 1 spiro atoms. The topological polar surface area (TPSA) is 38.8 Å². The number of amides is 1. The Bertz CT molecular complexity index is 623. The highest BCUT2D eigenvalue weighted by molar-refractivity contribution is 9.10. The highest BCUT2D eigenvalue weighted by Gasteiger charge is 2.53. The van der Waals surface area contributed by atoms with Crippen LogP contribution in [0.3, 0.4) is 0 Å². The predicted molar refractivity (Wildman–Crippen MR) is 88.4 cm³/mol. The van der Waals surface area contributed by atoms with Crippen LogP contribution in [0.1, 0.15) is 39.2 Å². The van der Waals surface area contributed by atoms with Crippen LogP contribution >= 0.6 is 27.5 Å². The summed E-state index contributed by atoms with van der Waals surface area (Å²) in [6.07, 6.45) is 1.57. The van der Waals surface area contributed by atoms with Crippen LogP contribution in [0.5, 0.6) is 5.75 Å². The van der Waals surface area contributed by atoms with Crippen LogP contribution in [-0.2, 0) is 11.3 Å². The highest BCUT2D eigenvalue weighted by Crippen LogP contribution is 2.47. The van der Waals surface area contributed by atoms with Gasteiger partial charge in [-0.25, -0.2) is 4.79 Å². The Hall–Kier alpha value is -0.940. The molecule has 1 amide bonds. The first-order valence-electron chi connectivity index (χ1n) is 7.32. The quantitative estimate of drug-likeness (QED) is 0.643. The number of fused-ring (bicyclic) bond motifs is 1. The molecule has 0 aromatic heterocycles. The van der Waals surface area contributed by atoms with Crippen LogP contribution in [-0.4, -0.2) is 28.7 Å². The average Bonchev–Trinajstić information content (AvgIpc) is 3.14. The maximum atomic E-state index is 12.6. The van der Waals surface area contributed by atoms with E-state index >= 15 is 0 Å². The maximum Gasteiger partial charge on any atom is 0.411 e. The molecule has 0 atom stereocenters. The van der Waals surface area contributed by atoms with E-state index in [9.17, 15) is 4.79 Å². The van der Waals surface area contributed by atoms with Crippen LogP contribution < -0.4 is 4.74 Å². The minimum absolute atomic E-state index is 0.253. The number of hydrogen-bond acceptors (Lipinski definition) is 3. The minimum atomic E-state index is -0.516. The fraction of sp³-hybridized carbons (Fsp3) is 0.562. The molecule has 0 saturated heterocycles. The van der Waals surface area contributed by atoms with Crippen LogP contribution in [0.15, 0.2) is 16.6 Å². The Morgan fingerprint density at radius 1 is 1.41 bits per heavy atom. The van der Waals surface area contributed by atoms with Crippen molar-refractivity contribution in [2.24, 2.45) is 0 Å². The van der Waals surface area contributed by atoms with Crippen LogP contribution in [0.2, 0.25) is 5.02 Å². The molecule has 22 heavy (non-hydrogen) atoms. The Morgan fingerprint density at radius 2 is 2.09 bits per heavy atom. The van der Waals surface area contributed by atoms with Gasteiger partial charge in [0.1, 0.15) is 18.0 Å². The van der Waals surface area contributed by atoms with Gasteiger partial charge in [-0.3, -0.25) is 4.90 Å². The van der Waals surface area contributed by atoms with E-state index in [-0.39, 0.29) is 11.6 Å². The molecule has 0 N–H and O–H groups in total. The van der Waals surface area contributed by atoms with E-state index < -0.39 is 5.60 Å². The molecule has 0 unspecified atom stereocenters. The second-order valence-electron chi connectivity index (χ2n) is 6.96. The van der Waals surface area contributed by atoms with Gasteiger partial charge in [-0.15, -0.1) is 0 Å². The van der Waals surface area contributed by atoms with Crippen molar-refractivity contribution in [2.45, 2.75) is 51.3 Å². The first kappa shape index (κ1) is 15.9. The molecule has 1 heterocycles. The Morgan fingerprint density at radius 3 is 2.68 bits per heavy atom. The largest absolute Gasteiger partial charge is 0.489 e. The van der Waals surface area contributed by atoms with E-state index in [0.29, 0.717) is 23.9 Å². The van der Waals surface area contributed by atoms with Gasteiger partial charge in [-0.1, -0.05) is 27.5 Å². The molecule has 6 heteroatoms. The molecule has 1 aliphatic heterocycles. The van der Waals surface area contributed by atoms with Gasteiger partial charge in [0.05, 0.1) is 17.1 Å². The van der Waals surface area contributed by atoms with Gasteiger partial charge in [0, 0.05) is 10.0 Å². The molecule has 0 radical (unpaired) electrons. The summed E-state index contributed by atoms with van der Waals surface area (Å²) in [6, 6.07) is 3.75. The zero-order valence-electron chi connectivity index (χ0n) is 12.9. The summed E-state index contributed by atoms with van der Waals surface area (Å²) in [5.74, 6) is 0.669. The zero-order valence-corrected chi connectivity index (χ0v) is 15.3. The fourth-order valence-corrected chi connectivity index (χ4v) is 3.58. The van der Waals surface area contributed by atoms with E-state index in [1.807, 2.05) is 32.9 Å². The zero-order chi connectivity index (χ0) is 16.1. The lowest BCUT2D eigenvalue weighted by Crippen LogP contribution is -2.46. The standard InChI is InChI=1S/C16H19BrClNO3/c1-15(2,3)22-14(20)19-8-10-6-11(17)7-12(18)13(10)21-9-16(19)4-5-16/h6-7H,4-5,8-9H2,1-3H3.